The number of carboxylic acid groups (broad SMARTS) is 1. The maximum atomic E-state index is 13.7. The number of aliphatic hydroxyl groups excluding tert-OH is 1. The lowest BCUT2D eigenvalue weighted by atomic mass is 9.35. The number of carbonyl (C=O) groups is 2. The van der Waals surface area contributed by atoms with Gasteiger partial charge in [-0.05, 0) is 103 Å². The number of fused-ring (bicyclic) bond motifs is 7. The van der Waals surface area contributed by atoms with Gasteiger partial charge in [-0.15, -0.1) is 0 Å². The van der Waals surface area contributed by atoms with Crippen molar-refractivity contribution in [1.82, 2.24) is 5.32 Å². The second-order valence-electron chi connectivity index (χ2n) is 15.5. The van der Waals surface area contributed by atoms with Gasteiger partial charge in [-0.3, -0.25) is 9.59 Å². The van der Waals surface area contributed by atoms with E-state index in [2.05, 4.69) is 53.8 Å². The summed E-state index contributed by atoms with van der Waals surface area (Å²) in [6, 6.07) is -0.100. The molecule has 0 aromatic carbocycles. The molecule has 1 saturated heterocycles. The molecule has 5 nitrogen and oxygen atoms in total. The van der Waals surface area contributed by atoms with Gasteiger partial charge in [0, 0.05) is 12.5 Å². The Morgan fingerprint density at radius 3 is 2.17 bits per heavy atom. The van der Waals surface area contributed by atoms with Crippen LogP contribution in [0.2, 0.25) is 0 Å². The fourth-order valence-electron chi connectivity index (χ4n) is 10.8. The summed E-state index contributed by atoms with van der Waals surface area (Å²) < 4.78 is 0. The quantitative estimate of drug-likeness (QED) is 0.437. The first-order valence-corrected chi connectivity index (χ1v) is 14.2. The maximum Gasteiger partial charge on any atom is 0.309 e. The van der Waals surface area contributed by atoms with E-state index in [1.807, 2.05) is 0 Å². The van der Waals surface area contributed by atoms with Crippen LogP contribution in [0.5, 0.6) is 0 Å². The zero-order chi connectivity index (χ0) is 25.8. The summed E-state index contributed by atoms with van der Waals surface area (Å²) in [6.07, 6.45) is 8.22. The summed E-state index contributed by atoms with van der Waals surface area (Å²) in [6.45, 7) is 16.3. The Kier molecular flexibility index (Phi) is 5.46. The van der Waals surface area contributed by atoms with Gasteiger partial charge in [0.1, 0.15) is 0 Å². The maximum absolute atomic E-state index is 13.7. The zero-order valence-corrected chi connectivity index (χ0v) is 23.2. The molecule has 1 amide bonds. The SMILES string of the molecule is CC1(C)CC[C@]2(C(=O)O)CC[C@]3(C)[C@H](NC(=O)C[C@@H]4[C@@]5(C)CC[C@H](O)C(C)(C)[C@@H]5CC[C@]43C)[C@@H]2C1. The van der Waals surface area contributed by atoms with Gasteiger partial charge in [0.25, 0.3) is 0 Å². The van der Waals surface area contributed by atoms with Crippen molar-refractivity contribution < 1.29 is 19.8 Å². The fourth-order valence-corrected chi connectivity index (χ4v) is 10.8. The van der Waals surface area contributed by atoms with Crippen LogP contribution >= 0.6 is 0 Å². The Hall–Kier alpha value is -1.10. The lowest BCUT2D eigenvalue weighted by Gasteiger charge is -2.69. The van der Waals surface area contributed by atoms with Crippen molar-refractivity contribution in [2.24, 2.45) is 50.2 Å². The summed E-state index contributed by atoms with van der Waals surface area (Å²) in [5, 5.41) is 25.0. The smallest absolute Gasteiger partial charge is 0.309 e. The molecular formula is C30H49NO4. The summed E-state index contributed by atoms with van der Waals surface area (Å²) >= 11 is 0. The Morgan fingerprint density at radius 2 is 1.51 bits per heavy atom. The molecule has 0 spiro atoms. The molecule has 4 saturated carbocycles. The predicted molar refractivity (Wildman–Crippen MR) is 137 cm³/mol. The molecule has 5 heteroatoms. The third-order valence-corrected chi connectivity index (χ3v) is 13.4. The van der Waals surface area contributed by atoms with Crippen LogP contribution in [-0.2, 0) is 9.59 Å². The molecule has 9 atom stereocenters. The Bertz CT molecular complexity index is 927. The van der Waals surface area contributed by atoms with E-state index >= 15 is 0 Å². The lowest BCUT2D eigenvalue weighted by Crippen LogP contribution is -2.68. The molecule has 5 fully saturated rings. The van der Waals surface area contributed by atoms with Crippen molar-refractivity contribution in [2.45, 2.75) is 125 Å². The molecule has 5 rings (SSSR count). The number of aliphatic hydroxyl groups is 1. The van der Waals surface area contributed by atoms with E-state index in [1.165, 1.54) is 0 Å². The molecule has 0 radical (unpaired) electrons. The van der Waals surface area contributed by atoms with Gasteiger partial charge in [-0.2, -0.15) is 0 Å². The number of hydrogen-bond acceptors (Lipinski definition) is 3. The summed E-state index contributed by atoms with van der Waals surface area (Å²) in [5.41, 5.74) is -0.983. The van der Waals surface area contributed by atoms with Crippen molar-refractivity contribution in [3.63, 3.8) is 0 Å². The number of carbonyl (C=O) groups excluding carboxylic acids is 1. The number of aliphatic carboxylic acids is 1. The second kappa shape index (κ2) is 7.48. The van der Waals surface area contributed by atoms with Gasteiger partial charge >= 0.3 is 5.97 Å². The second-order valence-corrected chi connectivity index (χ2v) is 15.5. The number of hydrogen-bond donors (Lipinski definition) is 3. The molecule has 198 valence electrons. The molecule has 1 aliphatic heterocycles. The Labute approximate surface area is 212 Å². The van der Waals surface area contributed by atoms with Crippen molar-refractivity contribution in [1.29, 1.82) is 0 Å². The fraction of sp³-hybridized carbons (Fsp3) is 0.933. The third kappa shape index (κ3) is 3.21. The van der Waals surface area contributed by atoms with Gasteiger partial charge in [0.15, 0.2) is 0 Å². The van der Waals surface area contributed by atoms with E-state index < -0.39 is 11.4 Å². The predicted octanol–water partition coefficient (Wildman–Crippen LogP) is 5.79. The van der Waals surface area contributed by atoms with Crippen LogP contribution in [0.1, 0.15) is 113 Å². The monoisotopic (exact) mass is 487 g/mol. The molecule has 0 aromatic heterocycles. The molecule has 1 heterocycles. The molecular weight excluding hydrogens is 438 g/mol. The van der Waals surface area contributed by atoms with Crippen LogP contribution in [0.4, 0.5) is 0 Å². The highest BCUT2D eigenvalue weighted by Crippen LogP contribution is 2.73. The molecule has 5 aliphatic rings. The van der Waals surface area contributed by atoms with Crippen molar-refractivity contribution >= 4 is 11.9 Å². The van der Waals surface area contributed by atoms with E-state index in [1.54, 1.807) is 0 Å². The summed E-state index contributed by atoms with van der Waals surface area (Å²) in [7, 11) is 0. The first kappa shape index (κ1) is 25.5. The first-order chi connectivity index (χ1) is 16.0. The standard InChI is InChI=1S/C30H49NO4/c1-25(2)12-14-30(24(34)35)15-13-29(7)23(18(30)17-25)31-22(33)16-20-27(5)10-9-21(32)26(3,4)19(27)8-11-28(20,29)6/h18-21,23,32H,8-17H2,1-7H3,(H,31,33)(H,34,35)/t18-,19-,20+,21-,23+,27-,28+,29+,30-/m0/s1. The van der Waals surface area contributed by atoms with Crippen LogP contribution in [0, 0.1) is 50.2 Å². The number of rotatable bonds is 1. The zero-order valence-electron chi connectivity index (χ0n) is 23.2. The highest BCUT2D eigenvalue weighted by atomic mass is 16.4. The number of nitrogens with one attached hydrogen (secondary N) is 1. The van der Waals surface area contributed by atoms with Crippen LogP contribution in [0.25, 0.3) is 0 Å². The Morgan fingerprint density at radius 1 is 0.857 bits per heavy atom. The van der Waals surface area contributed by atoms with E-state index in [-0.39, 0.29) is 57.0 Å². The molecule has 4 aliphatic carbocycles. The van der Waals surface area contributed by atoms with E-state index in [0.717, 1.165) is 51.4 Å². The van der Waals surface area contributed by atoms with Crippen LogP contribution in [0.15, 0.2) is 0 Å². The Balaban J connectivity index is 1.62. The van der Waals surface area contributed by atoms with Gasteiger partial charge in [-0.1, -0.05) is 48.5 Å². The minimum Gasteiger partial charge on any atom is -0.481 e. The molecule has 3 N–H and O–H groups in total. The topological polar surface area (TPSA) is 86.6 Å². The van der Waals surface area contributed by atoms with Crippen molar-refractivity contribution in [3.8, 4) is 0 Å². The molecule has 0 bridgehead atoms. The van der Waals surface area contributed by atoms with Crippen LogP contribution in [-0.4, -0.2) is 34.2 Å². The normalized spacial score (nSPS) is 52.6. The summed E-state index contributed by atoms with van der Waals surface area (Å²) in [4.78, 5) is 26.6. The van der Waals surface area contributed by atoms with E-state index in [4.69, 9.17) is 0 Å². The number of carboxylic acids is 1. The largest absolute Gasteiger partial charge is 0.481 e. The van der Waals surface area contributed by atoms with Crippen molar-refractivity contribution in [2.75, 3.05) is 0 Å². The van der Waals surface area contributed by atoms with E-state index in [0.29, 0.717) is 18.8 Å². The third-order valence-electron chi connectivity index (χ3n) is 13.4. The minimum absolute atomic E-state index is 0.00185. The molecule has 35 heavy (non-hydrogen) atoms. The highest BCUT2D eigenvalue weighted by molar-refractivity contribution is 5.79. The number of amides is 1. The molecule has 0 aromatic rings. The first-order valence-electron chi connectivity index (χ1n) is 14.2. The summed E-state index contributed by atoms with van der Waals surface area (Å²) in [5.74, 6) is 0.0611. The average molecular weight is 488 g/mol. The van der Waals surface area contributed by atoms with Gasteiger partial charge in [0.2, 0.25) is 5.91 Å². The van der Waals surface area contributed by atoms with Gasteiger partial charge < -0.3 is 15.5 Å². The van der Waals surface area contributed by atoms with Gasteiger partial charge in [-0.25, -0.2) is 0 Å². The van der Waals surface area contributed by atoms with Crippen LogP contribution < -0.4 is 5.32 Å². The van der Waals surface area contributed by atoms with Crippen molar-refractivity contribution in [3.05, 3.63) is 0 Å². The van der Waals surface area contributed by atoms with Crippen LogP contribution in [0.3, 0.4) is 0 Å². The van der Waals surface area contributed by atoms with E-state index in [9.17, 15) is 19.8 Å². The molecule has 0 unspecified atom stereocenters. The van der Waals surface area contributed by atoms with Gasteiger partial charge in [0.05, 0.1) is 11.5 Å². The lowest BCUT2D eigenvalue weighted by molar-refractivity contribution is -0.216. The average Bonchev–Trinajstić information content (AvgIpc) is 2.84. The minimum atomic E-state index is -0.721. The highest BCUT2D eigenvalue weighted by Gasteiger charge is 2.71.